The Labute approximate surface area is 176 Å². The first-order chi connectivity index (χ1) is 14.3. The third kappa shape index (κ3) is 3.34. The third-order valence-corrected chi connectivity index (χ3v) is 8.13. The number of piperidine rings is 1. The van der Waals surface area contributed by atoms with Crippen LogP contribution in [0.4, 0.5) is 11.5 Å². The van der Waals surface area contributed by atoms with Crippen molar-refractivity contribution in [1.82, 2.24) is 9.97 Å². The maximum Gasteiger partial charge on any atom is 0.187 e. The number of fused-ring (bicyclic) bond motifs is 4. The standard InChI is InChI=1S/C24H28N4S/c1-2-12-28(13-3-1)15-21-26-23(22-19-8-5-9-20(19)29-24(22)27-21)25-18-11-10-16-6-4-7-17(16)14-18/h10-11,14H,1-9,12-13,15H2,(H,25,26,27)/p+1. The van der Waals surface area contributed by atoms with Crippen LogP contribution in [-0.2, 0) is 32.2 Å². The summed E-state index contributed by atoms with van der Waals surface area (Å²) < 4.78 is 0. The Kier molecular flexibility index (Phi) is 4.53. The lowest BCUT2D eigenvalue weighted by Crippen LogP contribution is -3.11. The number of rotatable bonds is 4. The van der Waals surface area contributed by atoms with Gasteiger partial charge in [0.1, 0.15) is 17.2 Å². The molecule has 29 heavy (non-hydrogen) atoms. The van der Waals surface area contributed by atoms with Crippen LogP contribution in [0.3, 0.4) is 0 Å². The van der Waals surface area contributed by atoms with Crippen LogP contribution in [0.5, 0.6) is 0 Å². The molecule has 0 amide bonds. The molecule has 1 aromatic carbocycles. The molecule has 0 spiro atoms. The van der Waals surface area contributed by atoms with Crippen molar-refractivity contribution in [3.05, 3.63) is 45.6 Å². The Morgan fingerprint density at radius 2 is 1.76 bits per heavy atom. The van der Waals surface area contributed by atoms with E-state index in [0.717, 1.165) is 18.2 Å². The zero-order valence-corrected chi connectivity index (χ0v) is 17.8. The molecule has 0 bridgehead atoms. The quantitative estimate of drug-likeness (QED) is 0.690. The van der Waals surface area contributed by atoms with Gasteiger partial charge in [-0.1, -0.05) is 6.07 Å². The average molecular weight is 406 g/mol. The molecule has 150 valence electrons. The molecule has 3 aromatic rings. The van der Waals surface area contributed by atoms with Crippen LogP contribution >= 0.6 is 11.3 Å². The van der Waals surface area contributed by atoms with E-state index in [1.807, 2.05) is 11.3 Å². The number of hydrogen-bond donors (Lipinski definition) is 2. The lowest BCUT2D eigenvalue weighted by molar-refractivity contribution is -0.919. The Balaban J connectivity index is 1.39. The van der Waals surface area contributed by atoms with E-state index in [-0.39, 0.29) is 0 Å². The number of hydrogen-bond acceptors (Lipinski definition) is 4. The molecule has 5 heteroatoms. The topological polar surface area (TPSA) is 42.2 Å². The Hall–Kier alpha value is -1.98. The molecule has 1 aliphatic heterocycles. The van der Waals surface area contributed by atoms with Crippen molar-refractivity contribution in [2.24, 2.45) is 0 Å². The highest BCUT2D eigenvalue weighted by Gasteiger charge is 2.24. The summed E-state index contributed by atoms with van der Waals surface area (Å²) in [6.45, 7) is 3.48. The molecule has 2 aromatic heterocycles. The normalized spacial score (nSPS) is 18.9. The fraction of sp³-hybridized carbons (Fsp3) is 0.500. The van der Waals surface area contributed by atoms with Crippen molar-refractivity contribution in [1.29, 1.82) is 0 Å². The number of nitrogens with one attached hydrogen (secondary N) is 2. The Bertz CT molecular complexity index is 1060. The number of anilines is 2. The van der Waals surface area contributed by atoms with Crippen LogP contribution in [0.25, 0.3) is 10.2 Å². The second-order valence-corrected chi connectivity index (χ2v) is 10.1. The van der Waals surface area contributed by atoms with Gasteiger partial charge in [0, 0.05) is 10.6 Å². The minimum Gasteiger partial charge on any atom is -0.340 e. The van der Waals surface area contributed by atoms with Gasteiger partial charge < -0.3 is 10.2 Å². The Morgan fingerprint density at radius 1 is 0.897 bits per heavy atom. The van der Waals surface area contributed by atoms with E-state index in [1.54, 1.807) is 4.90 Å². The lowest BCUT2D eigenvalue weighted by Gasteiger charge is -2.23. The van der Waals surface area contributed by atoms with Crippen molar-refractivity contribution in [3.63, 3.8) is 0 Å². The molecule has 0 atom stereocenters. The minimum atomic E-state index is 0.956. The number of thiophene rings is 1. The largest absolute Gasteiger partial charge is 0.340 e. The molecule has 1 fully saturated rings. The van der Waals surface area contributed by atoms with Crippen LogP contribution in [-0.4, -0.2) is 23.1 Å². The van der Waals surface area contributed by atoms with Crippen LogP contribution in [0.1, 0.15) is 59.5 Å². The van der Waals surface area contributed by atoms with Crippen LogP contribution < -0.4 is 10.2 Å². The maximum absolute atomic E-state index is 5.10. The van der Waals surface area contributed by atoms with E-state index in [9.17, 15) is 0 Å². The first kappa shape index (κ1) is 17.8. The van der Waals surface area contributed by atoms with Gasteiger partial charge >= 0.3 is 0 Å². The monoisotopic (exact) mass is 405 g/mol. The van der Waals surface area contributed by atoms with Crippen molar-refractivity contribution in [2.75, 3.05) is 18.4 Å². The molecule has 0 radical (unpaired) electrons. The average Bonchev–Trinajstić information content (AvgIpc) is 3.44. The highest BCUT2D eigenvalue weighted by atomic mass is 32.1. The summed E-state index contributed by atoms with van der Waals surface area (Å²) in [6, 6.07) is 6.89. The zero-order chi connectivity index (χ0) is 19.2. The predicted octanol–water partition coefficient (Wildman–Crippen LogP) is 3.98. The van der Waals surface area contributed by atoms with Crippen molar-refractivity contribution < 1.29 is 4.90 Å². The van der Waals surface area contributed by atoms with Gasteiger partial charge in [-0.2, -0.15) is 0 Å². The lowest BCUT2D eigenvalue weighted by atomic mass is 10.1. The molecule has 2 aliphatic carbocycles. The van der Waals surface area contributed by atoms with E-state index >= 15 is 0 Å². The second kappa shape index (κ2) is 7.37. The second-order valence-electron chi connectivity index (χ2n) is 8.98. The van der Waals surface area contributed by atoms with Crippen molar-refractivity contribution >= 4 is 33.1 Å². The third-order valence-electron chi connectivity index (χ3n) is 6.94. The molecule has 0 saturated carbocycles. The van der Waals surface area contributed by atoms with Gasteiger partial charge in [0.15, 0.2) is 5.82 Å². The predicted molar refractivity (Wildman–Crippen MR) is 119 cm³/mol. The molecule has 3 aliphatic rings. The summed E-state index contributed by atoms with van der Waals surface area (Å²) in [7, 11) is 0. The fourth-order valence-corrected chi connectivity index (χ4v) is 6.73. The summed E-state index contributed by atoms with van der Waals surface area (Å²) >= 11 is 1.91. The molecular formula is C24H29N4S+. The van der Waals surface area contributed by atoms with E-state index in [0.29, 0.717) is 0 Å². The van der Waals surface area contributed by atoms with Gasteiger partial charge in [-0.15, -0.1) is 11.3 Å². The minimum absolute atomic E-state index is 0.956. The van der Waals surface area contributed by atoms with Gasteiger partial charge in [0.2, 0.25) is 0 Å². The highest BCUT2D eigenvalue weighted by molar-refractivity contribution is 7.19. The number of likely N-dealkylation sites (tertiary alicyclic amines) is 1. The number of aryl methyl sites for hydroxylation is 4. The van der Waals surface area contributed by atoms with E-state index in [4.69, 9.17) is 9.97 Å². The first-order valence-corrected chi connectivity index (χ1v) is 12.2. The van der Waals surface area contributed by atoms with E-state index in [2.05, 4.69) is 23.5 Å². The van der Waals surface area contributed by atoms with Crippen molar-refractivity contribution in [3.8, 4) is 0 Å². The Morgan fingerprint density at radius 3 is 2.69 bits per heavy atom. The number of benzene rings is 1. The van der Waals surface area contributed by atoms with E-state index < -0.39 is 0 Å². The summed E-state index contributed by atoms with van der Waals surface area (Å²) in [5, 5.41) is 5.01. The maximum atomic E-state index is 5.10. The van der Waals surface area contributed by atoms with Gasteiger partial charge in [-0.25, -0.2) is 9.97 Å². The molecule has 0 unspecified atom stereocenters. The van der Waals surface area contributed by atoms with Crippen LogP contribution in [0.2, 0.25) is 0 Å². The molecular weight excluding hydrogens is 376 g/mol. The summed E-state index contributed by atoms with van der Waals surface area (Å²) in [5.74, 6) is 2.05. The molecule has 1 saturated heterocycles. The highest BCUT2D eigenvalue weighted by Crippen LogP contribution is 2.40. The van der Waals surface area contributed by atoms with Gasteiger partial charge in [-0.05, 0) is 86.6 Å². The zero-order valence-electron chi connectivity index (χ0n) is 17.0. The summed E-state index contributed by atoms with van der Waals surface area (Å²) in [6.07, 6.45) is 11.4. The smallest absolute Gasteiger partial charge is 0.187 e. The number of aromatic nitrogens is 2. The fourth-order valence-electron chi connectivity index (χ4n) is 5.45. The molecule has 6 rings (SSSR count). The molecule has 3 heterocycles. The summed E-state index contributed by atoms with van der Waals surface area (Å²) in [4.78, 5) is 14.5. The van der Waals surface area contributed by atoms with Gasteiger partial charge in [0.05, 0.1) is 18.5 Å². The number of nitrogens with zero attached hydrogens (tertiary/aromatic N) is 2. The van der Waals surface area contributed by atoms with E-state index in [1.165, 1.54) is 108 Å². The van der Waals surface area contributed by atoms with Gasteiger partial charge in [-0.3, -0.25) is 0 Å². The molecule has 2 N–H and O–H groups in total. The number of quaternary nitrogens is 1. The van der Waals surface area contributed by atoms with Crippen LogP contribution in [0.15, 0.2) is 18.2 Å². The van der Waals surface area contributed by atoms with Crippen LogP contribution in [0, 0.1) is 0 Å². The summed E-state index contributed by atoms with van der Waals surface area (Å²) in [5.41, 5.74) is 5.72. The first-order valence-electron chi connectivity index (χ1n) is 11.4. The van der Waals surface area contributed by atoms with Gasteiger partial charge in [0.25, 0.3) is 0 Å². The van der Waals surface area contributed by atoms with Crippen molar-refractivity contribution in [2.45, 2.75) is 64.3 Å². The molecule has 4 nitrogen and oxygen atoms in total. The SMILES string of the molecule is c1cc2c(cc1Nc1nc(C[NH+]3CCCCC3)nc3sc4c(c13)CCC4)CCC2.